The van der Waals surface area contributed by atoms with E-state index >= 15 is 0 Å². The minimum Gasteiger partial charge on any atom is -0.494 e. The molecule has 1 aliphatic rings. The highest BCUT2D eigenvalue weighted by molar-refractivity contribution is 5.89. The first-order valence-electron chi connectivity index (χ1n) is 9.70. The van der Waals surface area contributed by atoms with Crippen LogP contribution in [-0.2, 0) is 11.2 Å². The molecule has 6 nitrogen and oxygen atoms in total. The van der Waals surface area contributed by atoms with Crippen LogP contribution in [0.5, 0.6) is 5.75 Å². The number of piperazine rings is 1. The van der Waals surface area contributed by atoms with Crippen molar-refractivity contribution < 1.29 is 14.3 Å². The molecule has 28 heavy (non-hydrogen) atoms. The number of ether oxygens (including phenoxy) is 1. The van der Waals surface area contributed by atoms with Crippen LogP contribution in [-0.4, -0.2) is 54.5 Å². The average molecular weight is 381 g/mol. The normalized spacial score (nSPS) is 13.9. The maximum atomic E-state index is 12.4. The smallest absolute Gasteiger partial charge is 0.321 e. The summed E-state index contributed by atoms with van der Waals surface area (Å²) in [5.41, 5.74) is 2.01. The van der Waals surface area contributed by atoms with Gasteiger partial charge >= 0.3 is 6.03 Å². The first-order valence-corrected chi connectivity index (χ1v) is 9.70. The monoisotopic (exact) mass is 381 g/mol. The third-order valence-corrected chi connectivity index (χ3v) is 4.82. The summed E-state index contributed by atoms with van der Waals surface area (Å²) in [5, 5.41) is 2.92. The van der Waals surface area contributed by atoms with E-state index in [1.807, 2.05) is 42.5 Å². The van der Waals surface area contributed by atoms with Gasteiger partial charge in [-0.05, 0) is 30.5 Å². The van der Waals surface area contributed by atoms with Gasteiger partial charge in [-0.2, -0.15) is 0 Å². The van der Waals surface area contributed by atoms with Gasteiger partial charge in [0.15, 0.2) is 0 Å². The standard InChI is InChI=1S/C22H27N3O3/c1-18(26)24-12-14-25(15-13-24)22(27)23-20-10-5-11-21(17-20)28-16-6-9-19-7-3-2-4-8-19/h2-5,7-8,10-11,17H,6,9,12-16H2,1H3,(H,23,27). The second-order valence-corrected chi connectivity index (χ2v) is 6.89. The summed E-state index contributed by atoms with van der Waals surface area (Å²) in [5.74, 6) is 0.796. The van der Waals surface area contributed by atoms with Gasteiger partial charge in [0.05, 0.1) is 6.61 Å². The zero-order valence-corrected chi connectivity index (χ0v) is 16.3. The third-order valence-electron chi connectivity index (χ3n) is 4.82. The molecule has 2 aromatic rings. The Labute approximate surface area is 166 Å². The molecule has 0 aromatic heterocycles. The van der Waals surface area contributed by atoms with Crippen molar-refractivity contribution in [3.63, 3.8) is 0 Å². The molecule has 3 amide bonds. The van der Waals surface area contributed by atoms with Gasteiger partial charge in [0.1, 0.15) is 5.75 Å². The molecule has 1 saturated heterocycles. The zero-order valence-electron chi connectivity index (χ0n) is 16.3. The van der Waals surface area contributed by atoms with Crippen LogP contribution in [0.3, 0.4) is 0 Å². The number of aryl methyl sites for hydroxylation is 1. The largest absolute Gasteiger partial charge is 0.494 e. The predicted molar refractivity (Wildman–Crippen MR) is 110 cm³/mol. The highest BCUT2D eigenvalue weighted by Gasteiger charge is 2.22. The van der Waals surface area contributed by atoms with Crippen LogP contribution in [0.2, 0.25) is 0 Å². The molecular weight excluding hydrogens is 354 g/mol. The van der Waals surface area contributed by atoms with Gasteiger partial charge in [0.25, 0.3) is 0 Å². The minimum absolute atomic E-state index is 0.0529. The van der Waals surface area contributed by atoms with Gasteiger partial charge in [0, 0.05) is 44.9 Å². The Kier molecular flexibility index (Phi) is 6.89. The Balaban J connectivity index is 1.44. The Morgan fingerprint density at radius 3 is 2.39 bits per heavy atom. The number of nitrogens with zero attached hydrogens (tertiary/aromatic N) is 2. The van der Waals surface area contributed by atoms with E-state index in [1.165, 1.54) is 5.56 Å². The van der Waals surface area contributed by atoms with Gasteiger partial charge < -0.3 is 19.9 Å². The Morgan fingerprint density at radius 2 is 1.68 bits per heavy atom. The first kappa shape index (κ1) is 19.7. The maximum absolute atomic E-state index is 12.4. The number of urea groups is 1. The second kappa shape index (κ2) is 9.78. The molecule has 2 aromatic carbocycles. The molecule has 6 heteroatoms. The first-order chi connectivity index (χ1) is 13.6. The molecule has 0 unspecified atom stereocenters. The van der Waals surface area contributed by atoms with Crippen LogP contribution in [0.25, 0.3) is 0 Å². The minimum atomic E-state index is -0.149. The zero-order chi connectivity index (χ0) is 19.8. The summed E-state index contributed by atoms with van der Waals surface area (Å²) in [7, 11) is 0. The van der Waals surface area contributed by atoms with Crippen molar-refractivity contribution in [2.75, 3.05) is 38.1 Å². The molecular formula is C22H27N3O3. The lowest BCUT2D eigenvalue weighted by molar-refractivity contribution is -0.130. The molecule has 0 atom stereocenters. The van der Waals surface area contributed by atoms with E-state index in [2.05, 4.69) is 17.4 Å². The number of amides is 3. The molecule has 1 aliphatic heterocycles. The van der Waals surface area contributed by atoms with E-state index in [-0.39, 0.29) is 11.9 Å². The molecule has 1 heterocycles. The number of anilines is 1. The Bertz CT molecular complexity index is 787. The SMILES string of the molecule is CC(=O)N1CCN(C(=O)Nc2cccc(OCCCc3ccccc3)c2)CC1. The van der Waals surface area contributed by atoms with Crippen molar-refractivity contribution in [2.45, 2.75) is 19.8 Å². The van der Waals surface area contributed by atoms with Crippen molar-refractivity contribution in [3.05, 3.63) is 60.2 Å². The van der Waals surface area contributed by atoms with Crippen LogP contribution >= 0.6 is 0 Å². The number of nitrogens with one attached hydrogen (secondary N) is 1. The fourth-order valence-electron chi connectivity index (χ4n) is 3.20. The van der Waals surface area contributed by atoms with Gasteiger partial charge in [-0.15, -0.1) is 0 Å². The topological polar surface area (TPSA) is 61.9 Å². The molecule has 0 spiro atoms. The van der Waals surface area contributed by atoms with E-state index in [0.29, 0.717) is 38.5 Å². The number of hydrogen-bond donors (Lipinski definition) is 1. The van der Waals surface area contributed by atoms with Crippen LogP contribution in [0, 0.1) is 0 Å². The molecule has 1 fully saturated rings. The third kappa shape index (κ3) is 5.74. The van der Waals surface area contributed by atoms with Crippen molar-refractivity contribution in [2.24, 2.45) is 0 Å². The van der Waals surface area contributed by atoms with Gasteiger partial charge in [-0.25, -0.2) is 4.79 Å². The summed E-state index contributed by atoms with van der Waals surface area (Å²) in [4.78, 5) is 27.3. The number of rotatable bonds is 6. The number of hydrogen-bond acceptors (Lipinski definition) is 3. The lowest BCUT2D eigenvalue weighted by atomic mass is 10.1. The number of carbonyl (C=O) groups is 2. The summed E-state index contributed by atoms with van der Waals surface area (Å²) < 4.78 is 5.83. The summed E-state index contributed by atoms with van der Waals surface area (Å²) in [6.07, 6.45) is 1.91. The summed E-state index contributed by atoms with van der Waals surface area (Å²) in [6.45, 7) is 4.42. The molecule has 148 valence electrons. The fraction of sp³-hybridized carbons (Fsp3) is 0.364. The van der Waals surface area contributed by atoms with Crippen molar-refractivity contribution in [1.82, 2.24) is 9.80 Å². The molecule has 0 bridgehead atoms. The van der Waals surface area contributed by atoms with Crippen LogP contribution in [0.4, 0.5) is 10.5 Å². The lowest BCUT2D eigenvalue weighted by Crippen LogP contribution is -2.51. The van der Waals surface area contributed by atoms with Crippen molar-refractivity contribution in [1.29, 1.82) is 0 Å². The molecule has 3 rings (SSSR count). The number of benzene rings is 2. The van der Waals surface area contributed by atoms with Crippen molar-refractivity contribution >= 4 is 17.6 Å². The molecule has 0 aliphatic carbocycles. The lowest BCUT2D eigenvalue weighted by Gasteiger charge is -2.34. The van der Waals surface area contributed by atoms with Gasteiger partial charge in [-0.3, -0.25) is 4.79 Å². The maximum Gasteiger partial charge on any atom is 0.321 e. The Morgan fingerprint density at radius 1 is 0.964 bits per heavy atom. The van der Waals surface area contributed by atoms with Crippen LogP contribution in [0.15, 0.2) is 54.6 Å². The van der Waals surface area contributed by atoms with E-state index in [9.17, 15) is 9.59 Å². The highest BCUT2D eigenvalue weighted by atomic mass is 16.5. The van der Waals surface area contributed by atoms with E-state index in [0.717, 1.165) is 18.6 Å². The molecule has 0 saturated carbocycles. The van der Waals surface area contributed by atoms with Crippen LogP contribution in [0.1, 0.15) is 18.9 Å². The second-order valence-electron chi connectivity index (χ2n) is 6.89. The van der Waals surface area contributed by atoms with Crippen molar-refractivity contribution in [3.8, 4) is 5.75 Å². The number of carbonyl (C=O) groups excluding carboxylic acids is 2. The summed E-state index contributed by atoms with van der Waals surface area (Å²) in [6, 6.07) is 17.6. The average Bonchev–Trinajstić information content (AvgIpc) is 2.72. The quantitative estimate of drug-likeness (QED) is 0.780. The Hall–Kier alpha value is -3.02. The molecule has 1 N–H and O–H groups in total. The summed E-state index contributed by atoms with van der Waals surface area (Å²) >= 11 is 0. The molecule has 0 radical (unpaired) electrons. The predicted octanol–water partition coefficient (Wildman–Crippen LogP) is 3.39. The van der Waals surface area contributed by atoms with E-state index in [1.54, 1.807) is 16.7 Å². The van der Waals surface area contributed by atoms with E-state index < -0.39 is 0 Å². The highest BCUT2D eigenvalue weighted by Crippen LogP contribution is 2.18. The van der Waals surface area contributed by atoms with Gasteiger partial charge in [0.2, 0.25) is 5.91 Å². The van der Waals surface area contributed by atoms with Crippen LogP contribution < -0.4 is 10.1 Å². The van der Waals surface area contributed by atoms with Gasteiger partial charge in [-0.1, -0.05) is 36.4 Å². The van der Waals surface area contributed by atoms with E-state index in [4.69, 9.17) is 4.74 Å². The fourth-order valence-corrected chi connectivity index (χ4v) is 3.20.